The number of piperidine rings is 1. The molecule has 32 heavy (non-hydrogen) atoms. The van der Waals surface area contributed by atoms with E-state index in [1.54, 1.807) is 6.20 Å². The van der Waals surface area contributed by atoms with Gasteiger partial charge in [0.2, 0.25) is 0 Å². The lowest BCUT2D eigenvalue weighted by atomic mass is 9.89. The molecule has 9 heteroatoms. The Hall–Kier alpha value is -3.07. The van der Waals surface area contributed by atoms with E-state index in [-0.39, 0.29) is 24.0 Å². The van der Waals surface area contributed by atoms with Crippen molar-refractivity contribution in [3.05, 3.63) is 47.8 Å². The van der Waals surface area contributed by atoms with Crippen molar-refractivity contribution in [2.75, 3.05) is 23.3 Å². The monoisotopic (exact) mass is 441 g/mol. The lowest BCUT2D eigenvalue weighted by molar-refractivity contribution is 0.0835. The van der Waals surface area contributed by atoms with E-state index in [0.717, 1.165) is 28.6 Å². The fraction of sp³-hybridized carbons (Fsp3) is 0.435. The number of nitrogens with zero attached hydrogens (tertiary/aromatic N) is 4. The molecule has 1 saturated carbocycles. The number of benzene rings is 1. The Morgan fingerprint density at radius 2 is 1.88 bits per heavy atom. The molecule has 0 unspecified atom stereocenters. The third-order valence-electron chi connectivity index (χ3n) is 6.05. The number of rotatable bonds is 5. The van der Waals surface area contributed by atoms with Crippen LogP contribution in [0.25, 0.3) is 11.0 Å². The van der Waals surface area contributed by atoms with Gasteiger partial charge < -0.3 is 20.1 Å². The van der Waals surface area contributed by atoms with Gasteiger partial charge in [0, 0.05) is 43.7 Å². The molecule has 1 aromatic carbocycles. The van der Waals surface area contributed by atoms with Gasteiger partial charge in [-0.15, -0.1) is 0 Å². The first kappa shape index (κ1) is 20.8. The SMILES string of the molecule is Cc1cc2nc(NC3CC(O)C3)c(N3CCC(Oc4ccc(F)cc4F)CC3)nc2cn1. The molecule has 5 rings (SSSR count). The van der Waals surface area contributed by atoms with Crippen molar-refractivity contribution in [3.63, 3.8) is 0 Å². The summed E-state index contributed by atoms with van der Waals surface area (Å²) in [6.45, 7) is 3.24. The highest BCUT2D eigenvalue weighted by Crippen LogP contribution is 2.32. The van der Waals surface area contributed by atoms with Gasteiger partial charge in [-0.25, -0.2) is 18.7 Å². The molecule has 3 aromatic rings. The first-order valence-electron chi connectivity index (χ1n) is 10.9. The zero-order valence-corrected chi connectivity index (χ0v) is 17.8. The molecule has 1 aliphatic heterocycles. The van der Waals surface area contributed by atoms with Gasteiger partial charge in [-0.05, 0) is 38.0 Å². The van der Waals surface area contributed by atoms with Gasteiger partial charge in [-0.3, -0.25) is 4.98 Å². The number of aliphatic hydroxyl groups is 1. The van der Waals surface area contributed by atoms with Gasteiger partial charge >= 0.3 is 0 Å². The third kappa shape index (κ3) is 4.29. The molecule has 168 valence electrons. The highest BCUT2D eigenvalue weighted by Gasteiger charge is 2.30. The first-order chi connectivity index (χ1) is 15.4. The summed E-state index contributed by atoms with van der Waals surface area (Å²) in [6, 6.07) is 5.43. The zero-order chi connectivity index (χ0) is 22.2. The fourth-order valence-electron chi connectivity index (χ4n) is 4.20. The number of pyridine rings is 1. The first-order valence-corrected chi connectivity index (χ1v) is 10.9. The number of nitrogens with one attached hydrogen (secondary N) is 1. The largest absolute Gasteiger partial charge is 0.487 e. The van der Waals surface area contributed by atoms with E-state index < -0.39 is 11.6 Å². The van der Waals surface area contributed by atoms with E-state index >= 15 is 0 Å². The Kier molecular flexibility index (Phi) is 5.50. The molecule has 2 fully saturated rings. The van der Waals surface area contributed by atoms with Crippen LogP contribution in [0.2, 0.25) is 0 Å². The second-order valence-corrected chi connectivity index (χ2v) is 8.56. The van der Waals surface area contributed by atoms with E-state index in [9.17, 15) is 13.9 Å². The lowest BCUT2D eigenvalue weighted by Gasteiger charge is -2.36. The minimum Gasteiger partial charge on any atom is -0.487 e. The van der Waals surface area contributed by atoms with Gasteiger partial charge in [0.1, 0.15) is 17.4 Å². The maximum atomic E-state index is 13.9. The van der Waals surface area contributed by atoms with E-state index in [1.807, 2.05) is 13.0 Å². The van der Waals surface area contributed by atoms with E-state index in [4.69, 9.17) is 14.7 Å². The highest BCUT2D eigenvalue weighted by molar-refractivity contribution is 5.80. The molecule has 0 atom stereocenters. The van der Waals surface area contributed by atoms with Crippen molar-refractivity contribution in [2.45, 2.75) is 50.9 Å². The topological polar surface area (TPSA) is 83.4 Å². The van der Waals surface area contributed by atoms with Gasteiger partial charge in [0.05, 0.1) is 17.8 Å². The number of fused-ring (bicyclic) bond motifs is 1. The Morgan fingerprint density at radius 3 is 2.59 bits per heavy atom. The quantitative estimate of drug-likeness (QED) is 0.626. The van der Waals surface area contributed by atoms with Crippen LogP contribution < -0.4 is 15.0 Å². The van der Waals surface area contributed by atoms with Gasteiger partial charge in [-0.1, -0.05) is 0 Å². The van der Waals surface area contributed by atoms with Crippen molar-refractivity contribution < 1.29 is 18.6 Å². The van der Waals surface area contributed by atoms with Crippen LogP contribution in [-0.4, -0.2) is 51.4 Å². The summed E-state index contributed by atoms with van der Waals surface area (Å²) >= 11 is 0. The number of aliphatic hydroxyl groups excluding tert-OH is 1. The third-order valence-corrected chi connectivity index (χ3v) is 6.05. The van der Waals surface area contributed by atoms with Crippen LogP contribution in [0, 0.1) is 18.6 Å². The van der Waals surface area contributed by atoms with Gasteiger partial charge in [0.15, 0.2) is 23.2 Å². The zero-order valence-electron chi connectivity index (χ0n) is 17.8. The predicted molar refractivity (Wildman–Crippen MR) is 117 cm³/mol. The van der Waals surface area contributed by atoms with Crippen LogP contribution in [0.5, 0.6) is 5.75 Å². The van der Waals surface area contributed by atoms with Crippen molar-refractivity contribution in [1.29, 1.82) is 0 Å². The molecule has 0 amide bonds. The van der Waals surface area contributed by atoms with Crippen LogP contribution in [0.1, 0.15) is 31.4 Å². The number of aryl methyl sites for hydroxylation is 1. The molecule has 0 radical (unpaired) electrons. The van der Waals surface area contributed by atoms with Crippen molar-refractivity contribution in [1.82, 2.24) is 15.0 Å². The minimum absolute atomic E-state index is 0.0719. The van der Waals surface area contributed by atoms with Crippen LogP contribution >= 0.6 is 0 Å². The molecule has 3 heterocycles. The summed E-state index contributed by atoms with van der Waals surface area (Å²) in [5.74, 6) is 0.204. The average Bonchev–Trinajstić information content (AvgIpc) is 2.75. The van der Waals surface area contributed by atoms with Gasteiger partial charge in [0.25, 0.3) is 0 Å². The molecular weight excluding hydrogens is 416 g/mol. The van der Waals surface area contributed by atoms with E-state index in [2.05, 4.69) is 15.2 Å². The lowest BCUT2D eigenvalue weighted by Crippen LogP contribution is -2.41. The molecule has 7 nitrogen and oxygen atoms in total. The number of aromatic nitrogens is 3. The maximum Gasteiger partial charge on any atom is 0.172 e. The molecular formula is C23H25F2N5O2. The minimum atomic E-state index is -0.690. The van der Waals surface area contributed by atoms with Crippen LogP contribution in [-0.2, 0) is 0 Å². The predicted octanol–water partition coefficient (Wildman–Crippen LogP) is 3.59. The number of hydrogen-bond donors (Lipinski definition) is 2. The van der Waals surface area contributed by atoms with E-state index in [1.165, 1.54) is 12.1 Å². The molecule has 0 spiro atoms. The molecule has 1 saturated heterocycles. The summed E-state index contributed by atoms with van der Waals surface area (Å²) in [6.07, 6.45) is 4.01. The molecule has 1 aliphatic carbocycles. The number of hydrogen-bond acceptors (Lipinski definition) is 7. The summed E-state index contributed by atoms with van der Waals surface area (Å²) in [4.78, 5) is 16.1. The standard InChI is InChI=1S/C23H25F2N5O2/c1-13-8-19-20(12-26-13)29-23(22(28-19)27-15-10-16(31)11-15)30-6-4-17(5-7-30)32-21-3-2-14(24)9-18(21)25/h2-3,8-9,12,15-17,31H,4-7,10-11H2,1H3,(H,27,28). The summed E-state index contributed by atoms with van der Waals surface area (Å²) < 4.78 is 32.9. The normalized spacial score (nSPS) is 21.4. The molecule has 2 N–H and O–H groups in total. The van der Waals surface area contributed by atoms with Gasteiger partial charge in [-0.2, -0.15) is 0 Å². The average molecular weight is 441 g/mol. The maximum absolute atomic E-state index is 13.9. The summed E-state index contributed by atoms with van der Waals surface area (Å²) in [5, 5.41) is 13.1. The smallest absolute Gasteiger partial charge is 0.172 e. The van der Waals surface area contributed by atoms with Crippen LogP contribution in [0.15, 0.2) is 30.5 Å². The van der Waals surface area contributed by atoms with E-state index in [0.29, 0.717) is 44.6 Å². The Bertz CT molecular complexity index is 1130. The number of halogens is 2. The van der Waals surface area contributed by atoms with Crippen LogP contribution in [0.4, 0.5) is 20.4 Å². The Balaban J connectivity index is 1.34. The second-order valence-electron chi connectivity index (χ2n) is 8.56. The van der Waals surface area contributed by atoms with Crippen molar-refractivity contribution >= 4 is 22.7 Å². The van der Waals surface area contributed by atoms with Crippen molar-refractivity contribution in [3.8, 4) is 5.75 Å². The summed E-state index contributed by atoms with van der Waals surface area (Å²) in [7, 11) is 0. The molecule has 2 aliphatic rings. The molecule has 0 bridgehead atoms. The van der Waals surface area contributed by atoms with Crippen LogP contribution in [0.3, 0.4) is 0 Å². The van der Waals surface area contributed by atoms with Crippen molar-refractivity contribution in [2.24, 2.45) is 0 Å². The number of ether oxygens (including phenoxy) is 1. The second kappa shape index (κ2) is 8.46. The highest BCUT2D eigenvalue weighted by atomic mass is 19.1. The molecule has 2 aromatic heterocycles. The fourth-order valence-corrected chi connectivity index (χ4v) is 4.20. The summed E-state index contributed by atoms with van der Waals surface area (Å²) in [5.41, 5.74) is 2.36. The number of anilines is 2. The Morgan fingerprint density at radius 1 is 1.09 bits per heavy atom. The Labute approximate surface area is 184 Å².